The number of pyridine rings is 1. The van der Waals surface area contributed by atoms with Gasteiger partial charge in [0.2, 0.25) is 0 Å². The summed E-state index contributed by atoms with van der Waals surface area (Å²) in [5.74, 6) is 2.92. The van der Waals surface area contributed by atoms with Gasteiger partial charge in [-0.3, -0.25) is 10.3 Å². The Hall–Kier alpha value is -2.36. The Morgan fingerprint density at radius 2 is 2.15 bits per heavy atom. The third-order valence-electron chi connectivity index (χ3n) is 6.89. The van der Waals surface area contributed by atoms with Gasteiger partial charge in [0.25, 0.3) is 0 Å². The van der Waals surface area contributed by atoms with E-state index in [4.69, 9.17) is 4.74 Å². The molecule has 0 spiro atoms. The van der Waals surface area contributed by atoms with E-state index in [1.165, 1.54) is 18.4 Å². The number of carbonyl (C=O) groups excluding carboxylic acids is 1. The fourth-order valence-electron chi connectivity index (χ4n) is 5.72. The number of carbonyl (C=O) groups is 1. The van der Waals surface area contributed by atoms with Crippen LogP contribution in [0.2, 0.25) is 0 Å². The molecule has 2 fully saturated rings. The van der Waals surface area contributed by atoms with Gasteiger partial charge in [-0.25, -0.2) is 4.79 Å². The number of amides is 1. The summed E-state index contributed by atoms with van der Waals surface area (Å²) in [6, 6.07) is 3.62. The molecular formula is C23H26N2O2. The number of anilines is 1. The highest BCUT2D eigenvalue weighted by molar-refractivity contribution is 5.84. The van der Waals surface area contributed by atoms with Gasteiger partial charge in [0.05, 0.1) is 11.9 Å². The van der Waals surface area contributed by atoms with Gasteiger partial charge < -0.3 is 4.74 Å². The van der Waals surface area contributed by atoms with Crippen LogP contribution in [0.3, 0.4) is 0 Å². The lowest BCUT2D eigenvalue weighted by atomic mass is 9.59. The molecule has 4 heteroatoms. The Labute approximate surface area is 160 Å². The maximum absolute atomic E-state index is 12.2. The van der Waals surface area contributed by atoms with Crippen molar-refractivity contribution >= 4 is 11.8 Å². The minimum Gasteiger partial charge on any atom is -0.446 e. The number of fused-ring (bicyclic) bond motifs is 5. The highest BCUT2D eigenvalue weighted by Gasteiger charge is 2.43. The molecule has 4 aliphatic carbocycles. The number of nitrogens with zero attached hydrogens (tertiary/aromatic N) is 1. The van der Waals surface area contributed by atoms with Gasteiger partial charge in [0.15, 0.2) is 0 Å². The Bertz CT molecular complexity index is 811. The van der Waals surface area contributed by atoms with Crippen molar-refractivity contribution in [2.75, 3.05) is 5.32 Å². The van der Waals surface area contributed by atoms with Crippen LogP contribution in [0.4, 0.5) is 10.5 Å². The summed E-state index contributed by atoms with van der Waals surface area (Å²) < 4.78 is 5.71. The molecule has 0 aromatic carbocycles. The molecule has 0 saturated heterocycles. The van der Waals surface area contributed by atoms with Crippen molar-refractivity contribution in [2.24, 2.45) is 23.7 Å². The normalized spacial score (nSPS) is 33.9. The van der Waals surface area contributed by atoms with Gasteiger partial charge in [0, 0.05) is 12.6 Å². The van der Waals surface area contributed by atoms with Crippen molar-refractivity contribution in [3.63, 3.8) is 0 Å². The van der Waals surface area contributed by atoms with E-state index in [9.17, 15) is 4.79 Å². The molecule has 2 saturated carbocycles. The standard InChI is InChI=1S/C23H26N2O2/c26-23(25-17-4-2-12-24-14-17)27-18-8-11-20-16(13-18)7-10-21-19-5-1-3-15(19)6-9-22(20)21/h1-5,7,12,14-15,18,20-22H,6,8-11,13H2,(H,25,26). The summed E-state index contributed by atoms with van der Waals surface area (Å²) >= 11 is 0. The average molecular weight is 362 g/mol. The van der Waals surface area contributed by atoms with E-state index in [2.05, 4.69) is 34.6 Å². The summed E-state index contributed by atoms with van der Waals surface area (Å²) in [6.07, 6.45) is 19.2. The molecule has 5 atom stereocenters. The zero-order chi connectivity index (χ0) is 18.2. The van der Waals surface area contributed by atoms with Crippen LogP contribution in [0.5, 0.6) is 0 Å². The number of ether oxygens (including phenoxy) is 1. The van der Waals surface area contributed by atoms with Crippen molar-refractivity contribution in [2.45, 2.75) is 44.6 Å². The van der Waals surface area contributed by atoms with Crippen molar-refractivity contribution in [1.82, 2.24) is 4.98 Å². The second kappa shape index (κ2) is 6.99. The van der Waals surface area contributed by atoms with Crippen LogP contribution in [0, 0.1) is 23.7 Å². The predicted molar refractivity (Wildman–Crippen MR) is 105 cm³/mol. The van der Waals surface area contributed by atoms with Crippen molar-refractivity contribution in [3.8, 4) is 0 Å². The number of aromatic nitrogens is 1. The van der Waals surface area contributed by atoms with Crippen LogP contribution in [-0.2, 0) is 4.74 Å². The lowest BCUT2D eigenvalue weighted by molar-refractivity contribution is 0.0726. The Kier molecular flexibility index (Phi) is 4.35. The maximum atomic E-state index is 12.2. The zero-order valence-corrected chi connectivity index (χ0v) is 15.5. The van der Waals surface area contributed by atoms with E-state index < -0.39 is 0 Å². The number of allylic oxidation sites excluding steroid dienone is 5. The largest absolute Gasteiger partial charge is 0.446 e. The molecule has 140 valence electrons. The van der Waals surface area contributed by atoms with E-state index in [0.29, 0.717) is 17.5 Å². The molecule has 1 N–H and O–H groups in total. The second-order valence-electron chi connectivity index (χ2n) is 8.30. The molecular weight excluding hydrogens is 336 g/mol. The minimum absolute atomic E-state index is 0.00979. The SMILES string of the molecule is O=C(Nc1cccnc1)OC1CCC2C(=CCC3C4=CC=CC4CCC23)C1. The highest BCUT2D eigenvalue weighted by Crippen LogP contribution is 2.53. The topological polar surface area (TPSA) is 51.2 Å². The van der Waals surface area contributed by atoms with Gasteiger partial charge in [-0.2, -0.15) is 0 Å². The lowest BCUT2D eigenvalue weighted by Gasteiger charge is -2.47. The molecule has 1 amide bonds. The maximum Gasteiger partial charge on any atom is 0.411 e. The zero-order valence-electron chi connectivity index (χ0n) is 15.5. The van der Waals surface area contributed by atoms with Gasteiger partial charge >= 0.3 is 6.09 Å². The fourth-order valence-corrected chi connectivity index (χ4v) is 5.72. The number of rotatable bonds is 2. The van der Waals surface area contributed by atoms with E-state index in [-0.39, 0.29) is 12.2 Å². The number of hydrogen-bond acceptors (Lipinski definition) is 3. The van der Waals surface area contributed by atoms with E-state index in [0.717, 1.165) is 37.5 Å². The second-order valence-corrected chi connectivity index (χ2v) is 8.30. The van der Waals surface area contributed by atoms with E-state index in [1.54, 1.807) is 24.0 Å². The third-order valence-corrected chi connectivity index (χ3v) is 6.89. The molecule has 4 nitrogen and oxygen atoms in total. The first-order chi connectivity index (χ1) is 13.3. The van der Waals surface area contributed by atoms with Gasteiger partial charge in [-0.15, -0.1) is 0 Å². The molecule has 5 unspecified atom stereocenters. The van der Waals surface area contributed by atoms with Crippen molar-refractivity contribution < 1.29 is 9.53 Å². The Balaban J connectivity index is 1.22. The predicted octanol–water partition coefficient (Wildman–Crippen LogP) is 5.27. The van der Waals surface area contributed by atoms with Gasteiger partial charge in [-0.05, 0) is 67.9 Å². The molecule has 0 aliphatic heterocycles. The van der Waals surface area contributed by atoms with Crippen LogP contribution in [0.25, 0.3) is 0 Å². The smallest absolute Gasteiger partial charge is 0.411 e. The summed E-state index contributed by atoms with van der Waals surface area (Å²) in [6.45, 7) is 0. The van der Waals surface area contributed by atoms with Crippen molar-refractivity contribution in [1.29, 1.82) is 0 Å². The summed E-state index contributed by atoms with van der Waals surface area (Å²) in [5.41, 5.74) is 3.88. The fraction of sp³-hybridized carbons (Fsp3) is 0.478. The Morgan fingerprint density at radius 1 is 1.19 bits per heavy atom. The lowest BCUT2D eigenvalue weighted by Crippen LogP contribution is -2.39. The molecule has 27 heavy (non-hydrogen) atoms. The summed E-state index contributed by atoms with van der Waals surface area (Å²) in [7, 11) is 0. The molecule has 4 aliphatic rings. The first-order valence-corrected chi connectivity index (χ1v) is 10.2. The van der Waals surface area contributed by atoms with Gasteiger partial charge in [-0.1, -0.05) is 35.5 Å². The number of nitrogens with one attached hydrogen (secondary N) is 1. The van der Waals surface area contributed by atoms with Crippen LogP contribution < -0.4 is 5.32 Å². The minimum atomic E-state index is -0.372. The Morgan fingerprint density at radius 3 is 3.04 bits per heavy atom. The van der Waals surface area contributed by atoms with Crippen LogP contribution in [0.1, 0.15) is 38.5 Å². The molecule has 1 aromatic rings. The quantitative estimate of drug-likeness (QED) is 0.729. The van der Waals surface area contributed by atoms with E-state index in [1.807, 2.05) is 6.07 Å². The monoisotopic (exact) mass is 362 g/mol. The van der Waals surface area contributed by atoms with E-state index >= 15 is 0 Å². The van der Waals surface area contributed by atoms with Crippen molar-refractivity contribution in [3.05, 3.63) is 60.0 Å². The first kappa shape index (κ1) is 16.8. The van der Waals surface area contributed by atoms with Crippen LogP contribution >= 0.6 is 0 Å². The molecule has 0 radical (unpaired) electrons. The third kappa shape index (κ3) is 3.22. The summed E-state index contributed by atoms with van der Waals surface area (Å²) in [4.78, 5) is 16.2. The molecule has 5 rings (SSSR count). The average Bonchev–Trinajstić information content (AvgIpc) is 3.17. The summed E-state index contributed by atoms with van der Waals surface area (Å²) in [5, 5.41) is 2.77. The first-order valence-electron chi connectivity index (χ1n) is 10.2. The van der Waals surface area contributed by atoms with Crippen LogP contribution in [0.15, 0.2) is 60.0 Å². The molecule has 0 bridgehead atoms. The molecule has 1 heterocycles. The van der Waals surface area contributed by atoms with Gasteiger partial charge in [0.1, 0.15) is 6.10 Å². The van der Waals surface area contributed by atoms with Crippen LogP contribution in [-0.4, -0.2) is 17.2 Å². The molecule has 1 aromatic heterocycles. The highest BCUT2D eigenvalue weighted by atomic mass is 16.6. The number of hydrogen-bond donors (Lipinski definition) is 1.